The van der Waals surface area contributed by atoms with Crippen LogP contribution in [0.4, 0.5) is 0 Å². The van der Waals surface area contributed by atoms with E-state index in [1.807, 2.05) is 0 Å². The molecule has 3 unspecified atom stereocenters. The molecule has 2 aliphatic carbocycles. The van der Waals surface area contributed by atoms with Crippen molar-refractivity contribution in [3.05, 3.63) is 71.8 Å². The van der Waals surface area contributed by atoms with Crippen LogP contribution in [0.2, 0.25) is 0 Å². The minimum atomic E-state index is -2.30. The van der Waals surface area contributed by atoms with Gasteiger partial charge in [0.1, 0.15) is 30.3 Å². The number of aliphatic hydroxyl groups is 1. The largest absolute Gasteiger partial charge is 0.465 e. The highest BCUT2D eigenvalue weighted by Gasteiger charge is 2.89. The molecule has 1 saturated heterocycles. The molecule has 51 heavy (non-hydrogen) atoms. The second kappa shape index (κ2) is 13.7. The van der Waals surface area contributed by atoms with Crippen molar-refractivity contribution in [2.24, 2.45) is 11.3 Å². The fourth-order valence-electron chi connectivity index (χ4n) is 8.39. The van der Waals surface area contributed by atoms with Crippen LogP contribution in [-0.4, -0.2) is 94.9 Å². The number of hydrogen-bond acceptors (Lipinski definition) is 14. The van der Waals surface area contributed by atoms with E-state index in [-0.39, 0.29) is 11.1 Å². The first-order valence-electron chi connectivity index (χ1n) is 16.5. The standard InChI is InChI=1S/C37H42O14/c1-20(38)45-19-36-29(48-23(4)41)26(46-21(2)39)18-35(7,44)37(36)30(49-32(42)24-14-10-8-11-15-24)27(34(5,6)51-37)28(47-22(3)40)31(36)50-33(43)25-16-12-9-13-17-25/h8-17,26-31,44H,18-19H2,1-7H3/t26?,27-,28+,29?,30-,31-,35+,36?,37+/m1/s1. The first-order valence-corrected chi connectivity index (χ1v) is 16.5. The molecule has 14 nitrogen and oxygen atoms in total. The van der Waals surface area contributed by atoms with Crippen molar-refractivity contribution >= 4 is 35.8 Å². The molecule has 1 heterocycles. The normalized spacial score (nSPS) is 33.1. The highest BCUT2D eigenvalue weighted by molar-refractivity contribution is 5.90. The van der Waals surface area contributed by atoms with Crippen molar-refractivity contribution in [2.75, 3.05) is 6.61 Å². The van der Waals surface area contributed by atoms with Crippen molar-refractivity contribution in [1.29, 1.82) is 0 Å². The van der Waals surface area contributed by atoms with Gasteiger partial charge in [0.05, 0.1) is 28.2 Å². The van der Waals surface area contributed by atoms with E-state index in [0.717, 1.165) is 27.7 Å². The number of esters is 6. The van der Waals surface area contributed by atoms with Gasteiger partial charge in [0.2, 0.25) is 0 Å². The summed E-state index contributed by atoms with van der Waals surface area (Å²) in [4.78, 5) is 79.2. The van der Waals surface area contributed by atoms with Gasteiger partial charge in [-0.05, 0) is 45.0 Å². The van der Waals surface area contributed by atoms with E-state index in [0.29, 0.717) is 0 Å². The Bertz CT molecular complexity index is 1690. The molecule has 9 atom stereocenters. The molecule has 1 aliphatic heterocycles. The van der Waals surface area contributed by atoms with E-state index in [9.17, 15) is 33.9 Å². The van der Waals surface area contributed by atoms with E-state index in [4.69, 9.17) is 33.2 Å². The Balaban J connectivity index is 1.90. The van der Waals surface area contributed by atoms with E-state index >= 15 is 0 Å². The summed E-state index contributed by atoms with van der Waals surface area (Å²) in [7, 11) is 0. The molecule has 1 spiro atoms. The van der Waals surface area contributed by atoms with Gasteiger partial charge in [-0.15, -0.1) is 0 Å². The number of rotatable bonds is 9. The van der Waals surface area contributed by atoms with Gasteiger partial charge in [-0.25, -0.2) is 9.59 Å². The third-order valence-electron chi connectivity index (χ3n) is 9.96. The summed E-state index contributed by atoms with van der Waals surface area (Å²) in [6, 6.07) is 15.8. The third kappa shape index (κ3) is 6.46. The lowest BCUT2D eigenvalue weighted by molar-refractivity contribution is -0.362. The maximum absolute atomic E-state index is 14.0. The Kier molecular flexibility index (Phi) is 10.1. The minimum Gasteiger partial charge on any atom is -0.465 e. The number of hydrogen-bond donors (Lipinski definition) is 1. The van der Waals surface area contributed by atoms with Crippen molar-refractivity contribution in [2.45, 2.75) is 102 Å². The lowest BCUT2D eigenvalue weighted by Crippen LogP contribution is -2.85. The molecule has 274 valence electrons. The molecule has 2 saturated carbocycles. The topological polar surface area (TPSA) is 187 Å². The number of benzene rings is 2. The zero-order valence-electron chi connectivity index (χ0n) is 29.4. The summed E-state index contributed by atoms with van der Waals surface area (Å²) < 4.78 is 42.8. The Morgan fingerprint density at radius 3 is 1.63 bits per heavy atom. The van der Waals surface area contributed by atoms with Crippen molar-refractivity contribution < 1.29 is 67.0 Å². The van der Waals surface area contributed by atoms with E-state index in [2.05, 4.69) is 0 Å². The summed E-state index contributed by atoms with van der Waals surface area (Å²) >= 11 is 0. The SMILES string of the molecule is CC(=O)OCC12C(OC(C)=O)C(OC(C)=O)C[C@](C)(O)[C@]13OC(C)(C)[C@H]([C@H](OC(C)=O)[C@H]2OC(=O)c1ccccc1)[C@H]3OC(=O)c1ccccc1. The van der Waals surface area contributed by atoms with Crippen molar-refractivity contribution in [3.8, 4) is 0 Å². The van der Waals surface area contributed by atoms with Crippen LogP contribution in [0.3, 0.4) is 0 Å². The molecule has 14 heteroatoms. The first kappa shape index (κ1) is 37.4. The highest BCUT2D eigenvalue weighted by atomic mass is 16.7. The quantitative estimate of drug-likeness (QED) is 0.295. The number of ether oxygens (including phenoxy) is 7. The predicted molar refractivity (Wildman–Crippen MR) is 174 cm³/mol. The van der Waals surface area contributed by atoms with Crippen LogP contribution in [0.25, 0.3) is 0 Å². The molecule has 0 radical (unpaired) electrons. The van der Waals surface area contributed by atoms with Crippen LogP contribution in [-0.2, 0) is 52.3 Å². The van der Waals surface area contributed by atoms with E-state index < -0.39 is 107 Å². The molecule has 0 aromatic heterocycles. The molecule has 2 aromatic carbocycles. The second-order valence-electron chi connectivity index (χ2n) is 13.9. The Morgan fingerprint density at radius 2 is 1.16 bits per heavy atom. The molecular weight excluding hydrogens is 668 g/mol. The summed E-state index contributed by atoms with van der Waals surface area (Å²) in [5, 5.41) is 12.8. The van der Waals surface area contributed by atoms with Gasteiger partial charge in [-0.3, -0.25) is 19.2 Å². The number of carbonyl (C=O) groups is 6. The number of carbonyl (C=O) groups excluding carboxylic acids is 6. The fraction of sp³-hybridized carbons (Fsp3) is 0.514. The molecule has 0 amide bonds. The van der Waals surface area contributed by atoms with Crippen LogP contribution in [0.15, 0.2) is 60.7 Å². The minimum absolute atomic E-state index is 0.0732. The maximum Gasteiger partial charge on any atom is 0.338 e. The van der Waals surface area contributed by atoms with Crippen molar-refractivity contribution in [3.63, 3.8) is 0 Å². The van der Waals surface area contributed by atoms with Gasteiger partial charge < -0.3 is 38.3 Å². The van der Waals surface area contributed by atoms with Crippen LogP contribution in [0.5, 0.6) is 0 Å². The Hall–Kier alpha value is -4.82. The van der Waals surface area contributed by atoms with E-state index in [1.54, 1.807) is 50.2 Å². The Morgan fingerprint density at radius 1 is 0.667 bits per heavy atom. The van der Waals surface area contributed by atoms with Gasteiger partial charge in [0.25, 0.3) is 0 Å². The average molecular weight is 711 g/mol. The van der Waals surface area contributed by atoms with Crippen LogP contribution in [0.1, 0.15) is 75.6 Å². The van der Waals surface area contributed by atoms with Crippen molar-refractivity contribution in [1.82, 2.24) is 0 Å². The molecule has 5 rings (SSSR count). The molecule has 3 aliphatic rings. The monoisotopic (exact) mass is 710 g/mol. The summed E-state index contributed by atoms with van der Waals surface area (Å²) in [6.07, 6.45) is -8.54. The number of fused-ring (bicyclic) bond motifs is 1. The lowest BCUT2D eigenvalue weighted by Gasteiger charge is -2.66. The predicted octanol–water partition coefficient (Wildman–Crippen LogP) is 3.11. The van der Waals surface area contributed by atoms with Gasteiger partial charge in [-0.1, -0.05) is 36.4 Å². The lowest BCUT2D eigenvalue weighted by atomic mass is 9.45. The van der Waals surface area contributed by atoms with Crippen LogP contribution in [0, 0.1) is 11.3 Å². The fourth-order valence-corrected chi connectivity index (χ4v) is 8.39. The molecule has 3 fully saturated rings. The summed E-state index contributed by atoms with van der Waals surface area (Å²) in [6.45, 7) is 8.14. The van der Waals surface area contributed by atoms with Crippen LogP contribution >= 0.6 is 0 Å². The zero-order valence-corrected chi connectivity index (χ0v) is 29.4. The Labute approximate surface area is 294 Å². The van der Waals surface area contributed by atoms with Gasteiger partial charge in [-0.2, -0.15) is 0 Å². The molecule has 2 aromatic rings. The van der Waals surface area contributed by atoms with Gasteiger partial charge >= 0.3 is 35.8 Å². The van der Waals surface area contributed by atoms with E-state index in [1.165, 1.54) is 31.2 Å². The second-order valence-corrected chi connectivity index (χ2v) is 13.9. The first-order chi connectivity index (χ1) is 23.9. The zero-order chi connectivity index (χ0) is 37.5. The summed E-state index contributed by atoms with van der Waals surface area (Å²) in [5.41, 5.74) is -8.04. The summed E-state index contributed by atoms with van der Waals surface area (Å²) in [5.74, 6) is -6.35. The highest BCUT2D eigenvalue weighted by Crippen LogP contribution is 2.69. The molecular formula is C37H42O14. The smallest absolute Gasteiger partial charge is 0.338 e. The van der Waals surface area contributed by atoms with Crippen LogP contribution < -0.4 is 0 Å². The van der Waals surface area contributed by atoms with Gasteiger partial charge in [0.15, 0.2) is 17.8 Å². The average Bonchev–Trinajstić information content (AvgIpc) is 3.25. The maximum atomic E-state index is 14.0. The third-order valence-corrected chi connectivity index (χ3v) is 9.96. The molecule has 1 N–H and O–H groups in total. The van der Waals surface area contributed by atoms with Gasteiger partial charge in [0, 0.05) is 34.1 Å². The molecule has 2 bridgehead atoms.